The number of piperidine rings is 1. The van der Waals surface area contributed by atoms with Gasteiger partial charge in [-0.25, -0.2) is 4.98 Å². The number of nitrogens with zero attached hydrogens (tertiary/aromatic N) is 4. The standard InChI is InChI=1S/C27H26F3N5O2/c28-27(29,30)25-21(23(36)10-17-5-7-22-19(17)6-8-24(31)32-22)14-35(33-25)12-16-3-1-15(2-4-16)11-34-13-18-9-20(18)26(34)37/h1-4,6,8,14,17-18,20H,5,7,9-13H2,(H2,31,32). The van der Waals surface area contributed by atoms with Crippen LogP contribution < -0.4 is 5.73 Å². The SMILES string of the molecule is Nc1ccc2c(n1)CCC2CC(=O)c1cn(Cc2ccc(CN3CC4CC4C3=O)cc2)nc1C(F)(F)F. The van der Waals surface area contributed by atoms with Gasteiger partial charge >= 0.3 is 6.18 Å². The van der Waals surface area contributed by atoms with Crippen molar-refractivity contribution in [3.63, 3.8) is 0 Å². The summed E-state index contributed by atoms with van der Waals surface area (Å²) in [5, 5.41) is 3.75. The fraction of sp³-hybridized carbons (Fsp3) is 0.407. The van der Waals surface area contributed by atoms with Crippen molar-refractivity contribution in [2.24, 2.45) is 11.8 Å². The van der Waals surface area contributed by atoms with E-state index in [-0.39, 0.29) is 30.7 Å². The van der Waals surface area contributed by atoms with Crippen molar-refractivity contribution >= 4 is 17.5 Å². The number of ketones is 1. The van der Waals surface area contributed by atoms with Crippen LogP contribution in [-0.2, 0) is 30.5 Å². The third-order valence-electron chi connectivity index (χ3n) is 7.71. The quantitative estimate of drug-likeness (QED) is 0.482. The number of aryl methyl sites for hydroxylation is 1. The highest BCUT2D eigenvalue weighted by atomic mass is 19.4. The molecule has 1 saturated carbocycles. The maximum atomic E-state index is 13.8. The first-order valence-corrected chi connectivity index (χ1v) is 12.5. The van der Waals surface area contributed by atoms with Crippen LogP contribution in [0.4, 0.5) is 19.0 Å². The number of hydrogen-bond acceptors (Lipinski definition) is 5. The van der Waals surface area contributed by atoms with Crippen molar-refractivity contribution < 1.29 is 22.8 Å². The molecule has 37 heavy (non-hydrogen) atoms. The Kier molecular flexibility index (Phi) is 5.58. The third-order valence-corrected chi connectivity index (χ3v) is 7.71. The van der Waals surface area contributed by atoms with Gasteiger partial charge in [0.2, 0.25) is 5.91 Å². The number of nitrogens with two attached hydrogens (primary N) is 1. The number of nitrogen functional groups attached to an aromatic ring is 1. The van der Waals surface area contributed by atoms with Gasteiger partial charge in [-0.15, -0.1) is 0 Å². The smallest absolute Gasteiger partial charge is 0.384 e. The Bertz CT molecular complexity index is 1380. The average molecular weight is 510 g/mol. The molecule has 2 aromatic heterocycles. The number of likely N-dealkylation sites (tertiary alicyclic amines) is 1. The van der Waals surface area contributed by atoms with Crippen LogP contribution in [0.2, 0.25) is 0 Å². The van der Waals surface area contributed by atoms with Gasteiger partial charge in [0.25, 0.3) is 0 Å². The highest BCUT2D eigenvalue weighted by molar-refractivity contribution is 5.97. The normalized spacial score (nSPS) is 22.3. The predicted molar refractivity (Wildman–Crippen MR) is 128 cm³/mol. The molecule has 6 rings (SSSR count). The second-order valence-corrected chi connectivity index (χ2v) is 10.4. The number of carbonyl (C=O) groups excluding carboxylic acids is 2. The number of carbonyl (C=O) groups is 2. The summed E-state index contributed by atoms with van der Waals surface area (Å²) in [7, 11) is 0. The van der Waals surface area contributed by atoms with Gasteiger partial charge in [0.15, 0.2) is 11.5 Å². The number of benzene rings is 1. The molecule has 1 saturated heterocycles. The summed E-state index contributed by atoms with van der Waals surface area (Å²) in [5.41, 5.74) is 7.56. The molecule has 0 radical (unpaired) electrons. The number of Topliss-reactive ketones (excluding diaryl/α,β-unsaturated/α-hetero) is 1. The Labute approximate surface area is 211 Å². The highest BCUT2D eigenvalue weighted by Gasteiger charge is 2.51. The first-order chi connectivity index (χ1) is 17.7. The van der Waals surface area contributed by atoms with Crippen LogP contribution in [0.5, 0.6) is 0 Å². The van der Waals surface area contributed by atoms with Gasteiger partial charge in [-0.2, -0.15) is 18.3 Å². The molecular weight excluding hydrogens is 483 g/mol. The zero-order chi connectivity index (χ0) is 25.9. The van der Waals surface area contributed by atoms with Gasteiger partial charge in [0, 0.05) is 37.3 Å². The van der Waals surface area contributed by atoms with Crippen LogP contribution in [0.3, 0.4) is 0 Å². The van der Waals surface area contributed by atoms with Crippen molar-refractivity contribution in [2.75, 3.05) is 12.3 Å². The lowest BCUT2D eigenvalue weighted by atomic mass is 9.94. The summed E-state index contributed by atoms with van der Waals surface area (Å²) in [6.45, 7) is 1.43. The van der Waals surface area contributed by atoms with E-state index in [2.05, 4.69) is 10.1 Å². The third kappa shape index (κ3) is 4.60. The van der Waals surface area contributed by atoms with Crippen LogP contribution in [-0.4, -0.2) is 37.9 Å². The van der Waals surface area contributed by atoms with Crippen molar-refractivity contribution in [1.29, 1.82) is 0 Å². The molecule has 0 bridgehead atoms. The summed E-state index contributed by atoms with van der Waals surface area (Å²) in [5.74, 6) is 0.533. The Morgan fingerprint density at radius 1 is 1.08 bits per heavy atom. The van der Waals surface area contributed by atoms with Gasteiger partial charge in [-0.05, 0) is 53.9 Å². The summed E-state index contributed by atoms with van der Waals surface area (Å²) in [6, 6.07) is 10.9. The van der Waals surface area contributed by atoms with Crippen LogP contribution in [0.15, 0.2) is 42.6 Å². The molecule has 2 N–H and O–H groups in total. The first-order valence-electron chi connectivity index (χ1n) is 12.5. The molecule has 2 fully saturated rings. The summed E-state index contributed by atoms with van der Waals surface area (Å²) in [6.07, 6.45) is -1.30. The lowest BCUT2D eigenvalue weighted by Gasteiger charge is -2.18. The Morgan fingerprint density at radius 2 is 1.81 bits per heavy atom. The lowest BCUT2D eigenvalue weighted by molar-refractivity contribution is -0.141. The fourth-order valence-corrected chi connectivity index (χ4v) is 5.69. The minimum absolute atomic E-state index is 0.0427. The summed E-state index contributed by atoms with van der Waals surface area (Å²) < 4.78 is 42.5. The molecule has 192 valence electrons. The number of rotatable bonds is 7. The van der Waals surface area contributed by atoms with E-state index in [0.717, 1.165) is 35.3 Å². The summed E-state index contributed by atoms with van der Waals surface area (Å²) in [4.78, 5) is 31.4. The van der Waals surface area contributed by atoms with E-state index in [1.165, 1.54) is 10.9 Å². The molecule has 1 amide bonds. The zero-order valence-corrected chi connectivity index (χ0v) is 20.0. The first kappa shape index (κ1) is 23.7. The molecule has 1 aromatic carbocycles. The number of halogens is 3. The molecule has 3 heterocycles. The minimum atomic E-state index is -4.74. The summed E-state index contributed by atoms with van der Waals surface area (Å²) >= 11 is 0. The number of pyridine rings is 1. The molecule has 0 spiro atoms. The van der Waals surface area contributed by atoms with Gasteiger partial charge in [-0.3, -0.25) is 14.3 Å². The Balaban J connectivity index is 1.16. The van der Waals surface area contributed by atoms with E-state index in [1.807, 2.05) is 35.2 Å². The number of fused-ring (bicyclic) bond motifs is 2. The van der Waals surface area contributed by atoms with Crippen LogP contribution >= 0.6 is 0 Å². The second-order valence-electron chi connectivity index (χ2n) is 10.4. The predicted octanol–water partition coefficient (Wildman–Crippen LogP) is 4.21. The molecule has 1 aliphatic heterocycles. The molecule has 3 aliphatic rings. The van der Waals surface area contributed by atoms with E-state index < -0.39 is 23.2 Å². The molecule has 2 aliphatic carbocycles. The Morgan fingerprint density at radius 3 is 2.49 bits per heavy atom. The topological polar surface area (TPSA) is 94.1 Å². The number of amides is 1. The molecule has 3 atom stereocenters. The van der Waals surface area contributed by atoms with E-state index in [4.69, 9.17) is 5.73 Å². The maximum absolute atomic E-state index is 13.8. The van der Waals surface area contributed by atoms with E-state index in [9.17, 15) is 22.8 Å². The molecule has 3 aromatic rings. The molecule has 3 unspecified atom stereocenters. The monoisotopic (exact) mass is 509 g/mol. The van der Waals surface area contributed by atoms with Crippen molar-refractivity contribution in [3.05, 3.63) is 76.2 Å². The van der Waals surface area contributed by atoms with Crippen molar-refractivity contribution in [3.8, 4) is 0 Å². The number of alkyl halides is 3. The maximum Gasteiger partial charge on any atom is 0.435 e. The second kappa shape index (κ2) is 8.71. The molecule has 7 nitrogen and oxygen atoms in total. The number of hydrogen-bond donors (Lipinski definition) is 1. The van der Waals surface area contributed by atoms with Crippen molar-refractivity contribution in [1.82, 2.24) is 19.7 Å². The lowest BCUT2D eigenvalue weighted by Crippen LogP contribution is -2.27. The number of anilines is 1. The highest BCUT2D eigenvalue weighted by Crippen LogP contribution is 2.46. The zero-order valence-electron chi connectivity index (χ0n) is 20.0. The fourth-order valence-electron chi connectivity index (χ4n) is 5.69. The number of aromatic nitrogens is 3. The minimum Gasteiger partial charge on any atom is -0.384 e. The van der Waals surface area contributed by atoms with Gasteiger partial charge < -0.3 is 10.6 Å². The van der Waals surface area contributed by atoms with E-state index >= 15 is 0 Å². The molecular formula is C27H26F3N5O2. The van der Waals surface area contributed by atoms with Gasteiger partial charge in [0.1, 0.15) is 5.82 Å². The van der Waals surface area contributed by atoms with E-state index in [1.54, 1.807) is 6.07 Å². The Hall–Kier alpha value is -3.69. The largest absolute Gasteiger partial charge is 0.435 e. The van der Waals surface area contributed by atoms with Gasteiger partial charge in [-0.1, -0.05) is 30.3 Å². The van der Waals surface area contributed by atoms with Gasteiger partial charge in [0.05, 0.1) is 12.1 Å². The van der Waals surface area contributed by atoms with E-state index in [0.29, 0.717) is 31.1 Å². The van der Waals surface area contributed by atoms with Crippen molar-refractivity contribution in [2.45, 2.75) is 50.9 Å². The molecule has 10 heteroatoms. The average Bonchev–Trinajstić information content (AvgIpc) is 3.15. The van der Waals surface area contributed by atoms with Crippen LogP contribution in [0.1, 0.15) is 63.6 Å². The van der Waals surface area contributed by atoms with Crippen LogP contribution in [0, 0.1) is 11.8 Å². The van der Waals surface area contributed by atoms with Crippen LogP contribution in [0.25, 0.3) is 0 Å².